The lowest BCUT2D eigenvalue weighted by molar-refractivity contribution is -0.112. The lowest BCUT2D eigenvalue weighted by atomic mass is 10.1. The molecule has 150 valence electrons. The standard InChI is InChI=1S/C25H21ClN2O2/c1-17-10-18(2)12-20(11-17)16-30-24-9-8-19(14-23(24)26)13-21(15-27)25(29)28-22-6-4-3-5-7-22/h3-14H,16H2,1-2H3,(H,28,29)/b21-13+. The predicted molar refractivity (Wildman–Crippen MR) is 120 cm³/mol. The fourth-order valence-corrected chi connectivity index (χ4v) is 3.32. The monoisotopic (exact) mass is 416 g/mol. The second-order valence-corrected chi connectivity index (χ2v) is 7.37. The van der Waals surface area contributed by atoms with E-state index < -0.39 is 5.91 Å². The number of hydrogen-bond donors (Lipinski definition) is 1. The van der Waals surface area contributed by atoms with Crippen molar-refractivity contribution in [3.8, 4) is 11.8 Å². The first-order valence-electron chi connectivity index (χ1n) is 9.42. The molecule has 0 bridgehead atoms. The number of aryl methyl sites for hydroxylation is 2. The molecule has 0 heterocycles. The topological polar surface area (TPSA) is 62.1 Å². The Kier molecular flexibility index (Phi) is 6.90. The molecule has 0 aliphatic carbocycles. The molecule has 0 saturated carbocycles. The van der Waals surface area contributed by atoms with E-state index in [1.54, 1.807) is 30.3 Å². The summed E-state index contributed by atoms with van der Waals surface area (Å²) in [6.45, 7) is 4.50. The van der Waals surface area contributed by atoms with E-state index in [9.17, 15) is 10.1 Å². The molecule has 4 nitrogen and oxygen atoms in total. The van der Waals surface area contributed by atoms with Crippen molar-refractivity contribution in [2.75, 3.05) is 5.32 Å². The molecule has 3 rings (SSSR count). The molecule has 0 fully saturated rings. The van der Waals surface area contributed by atoms with Crippen LogP contribution in [0, 0.1) is 25.2 Å². The molecule has 0 aliphatic rings. The number of benzene rings is 3. The highest BCUT2D eigenvalue weighted by atomic mass is 35.5. The highest BCUT2D eigenvalue weighted by Gasteiger charge is 2.10. The van der Waals surface area contributed by atoms with E-state index in [1.165, 1.54) is 17.2 Å². The van der Waals surface area contributed by atoms with E-state index in [2.05, 4.69) is 23.5 Å². The number of hydrogen-bond acceptors (Lipinski definition) is 3. The second kappa shape index (κ2) is 9.78. The minimum atomic E-state index is -0.477. The number of anilines is 1. The number of carbonyl (C=O) groups excluding carboxylic acids is 1. The molecule has 30 heavy (non-hydrogen) atoms. The molecule has 0 aromatic heterocycles. The first-order valence-corrected chi connectivity index (χ1v) is 9.80. The van der Waals surface area contributed by atoms with Crippen molar-refractivity contribution >= 4 is 29.3 Å². The van der Waals surface area contributed by atoms with E-state index in [4.69, 9.17) is 16.3 Å². The molecule has 1 N–H and O–H groups in total. The van der Waals surface area contributed by atoms with Gasteiger partial charge in [-0.05, 0) is 55.3 Å². The zero-order chi connectivity index (χ0) is 21.5. The van der Waals surface area contributed by atoms with Crippen LogP contribution in [-0.2, 0) is 11.4 Å². The molecule has 1 amide bonds. The molecule has 0 atom stereocenters. The smallest absolute Gasteiger partial charge is 0.266 e. The third kappa shape index (κ3) is 5.73. The maximum absolute atomic E-state index is 12.4. The third-order valence-corrected chi connectivity index (χ3v) is 4.63. The highest BCUT2D eigenvalue weighted by molar-refractivity contribution is 6.32. The van der Waals surface area contributed by atoms with Crippen LogP contribution < -0.4 is 10.1 Å². The summed E-state index contributed by atoms with van der Waals surface area (Å²) in [5.41, 5.74) is 4.67. The Hall–Kier alpha value is -3.55. The Morgan fingerprint density at radius 3 is 2.40 bits per heavy atom. The van der Waals surface area contributed by atoms with Crippen LogP contribution in [0.4, 0.5) is 5.69 Å². The summed E-state index contributed by atoms with van der Waals surface area (Å²) in [5, 5.41) is 12.5. The lowest BCUT2D eigenvalue weighted by Crippen LogP contribution is -2.13. The fourth-order valence-electron chi connectivity index (χ4n) is 3.07. The predicted octanol–water partition coefficient (Wildman–Crippen LogP) is 6.08. The summed E-state index contributed by atoms with van der Waals surface area (Å²) >= 11 is 6.36. The van der Waals surface area contributed by atoms with Crippen LogP contribution in [0.2, 0.25) is 5.02 Å². The number of amides is 1. The Bertz CT molecular complexity index is 1110. The third-order valence-electron chi connectivity index (χ3n) is 4.34. The number of carbonyl (C=O) groups is 1. The summed E-state index contributed by atoms with van der Waals surface area (Å²) in [5.74, 6) is 0.0650. The largest absolute Gasteiger partial charge is 0.487 e. The van der Waals surface area contributed by atoms with Gasteiger partial charge in [-0.2, -0.15) is 5.26 Å². The molecule has 3 aromatic carbocycles. The SMILES string of the molecule is Cc1cc(C)cc(COc2ccc(/C=C(\C#N)C(=O)Nc3ccccc3)cc2Cl)c1. The summed E-state index contributed by atoms with van der Waals surface area (Å²) in [6, 6.07) is 22.3. The second-order valence-electron chi connectivity index (χ2n) is 6.96. The first-order chi connectivity index (χ1) is 14.4. The molecule has 0 radical (unpaired) electrons. The van der Waals surface area contributed by atoms with E-state index in [0.29, 0.717) is 28.6 Å². The Morgan fingerprint density at radius 2 is 1.77 bits per heavy atom. The molecule has 0 saturated heterocycles. The highest BCUT2D eigenvalue weighted by Crippen LogP contribution is 2.27. The molecule has 0 spiro atoms. The molecular formula is C25H21ClN2O2. The summed E-state index contributed by atoms with van der Waals surface area (Å²) in [4.78, 5) is 12.4. The van der Waals surface area contributed by atoms with Crippen LogP contribution in [0.25, 0.3) is 6.08 Å². The van der Waals surface area contributed by atoms with E-state index >= 15 is 0 Å². The van der Waals surface area contributed by atoms with Gasteiger partial charge in [0.25, 0.3) is 5.91 Å². The van der Waals surface area contributed by atoms with Gasteiger partial charge >= 0.3 is 0 Å². The maximum Gasteiger partial charge on any atom is 0.266 e. The number of nitriles is 1. The van der Waals surface area contributed by atoms with E-state index in [0.717, 1.165) is 5.56 Å². The van der Waals surface area contributed by atoms with Crippen molar-refractivity contribution in [3.05, 3.63) is 99.6 Å². The normalized spacial score (nSPS) is 10.9. The first kappa shape index (κ1) is 21.2. The summed E-state index contributed by atoms with van der Waals surface area (Å²) in [7, 11) is 0. The minimum Gasteiger partial charge on any atom is -0.487 e. The van der Waals surface area contributed by atoms with Crippen LogP contribution in [0.15, 0.2) is 72.3 Å². The average Bonchev–Trinajstić information content (AvgIpc) is 2.71. The molecule has 0 unspecified atom stereocenters. The van der Waals surface area contributed by atoms with Gasteiger partial charge in [0.2, 0.25) is 0 Å². The molecule has 3 aromatic rings. The average molecular weight is 417 g/mol. The number of ether oxygens (including phenoxy) is 1. The van der Waals surface area contributed by atoms with Crippen LogP contribution in [0.1, 0.15) is 22.3 Å². The molecule has 5 heteroatoms. The number of rotatable bonds is 6. The Balaban J connectivity index is 1.71. The van der Waals surface area contributed by atoms with Crippen molar-refractivity contribution in [3.63, 3.8) is 0 Å². The number of nitrogens with one attached hydrogen (secondary N) is 1. The van der Waals surface area contributed by atoms with Gasteiger partial charge in [-0.25, -0.2) is 0 Å². The molecular weight excluding hydrogens is 396 g/mol. The van der Waals surface area contributed by atoms with Crippen molar-refractivity contribution in [2.24, 2.45) is 0 Å². The van der Waals surface area contributed by atoms with Crippen LogP contribution in [-0.4, -0.2) is 5.91 Å². The van der Waals surface area contributed by atoms with Crippen molar-refractivity contribution in [1.82, 2.24) is 0 Å². The van der Waals surface area contributed by atoms with Crippen molar-refractivity contribution in [2.45, 2.75) is 20.5 Å². The number of halogens is 1. The van der Waals surface area contributed by atoms with Gasteiger partial charge in [-0.15, -0.1) is 0 Å². The van der Waals surface area contributed by atoms with Gasteiger partial charge in [0, 0.05) is 5.69 Å². The quantitative estimate of drug-likeness (QED) is 0.391. The van der Waals surface area contributed by atoms with E-state index in [1.807, 2.05) is 38.1 Å². The fraction of sp³-hybridized carbons (Fsp3) is 0.120. The Morgan fingerprint density at radius 1 is 1.07 bits per heavy atom. The van der Waals surface area contributed by atoms with Crippen LogP contribution in [0.5, 0.6) is 5.75 Å². The van der Waals surface area contributed by atoms with Crippen molar-refractivity contribution < 1.29 is 9.53 Å². The zero-order valence-corrected chi connectivity index (χ0v) is 17.5. The molecule has 0 aliphatic heterocycles. The van der Waals surface area contributed by atoms with Crippen LogP contribution in [0.3, 0.4) is 0 Å². The van der Waals surface area contributed by atoms with Gasteiger partial charge < -0.3 is 10.1 Å². The van der Waals surface area contributed by atoms with Crippen LogP contribution >= 0.6 is 11.6 Å². The lowest BCUT2D eigenvalue weighted by Gasteiger charge is -2.10. The number of nitrogens with zero attached hydrogens (tertiary/aromatic N) is 1. The minimum absolute atomic E-state index is 0.0150. The van der Waals surface area contributed by atoms with Gasteiger partial charge in [-0.3, -0.25) is 4.79 Å². The maximum atomic E-state index is 12.4. The van der Waals surface area contributed by atoms with Crippen molar-refractivity contribution in [1.29, 1.82) is 5.26 Å². The summed E-state index contributed by atoms with van der Waals surface area (Å²) in [6.07, 6.45) is 1.50. The Labute approximate surface area is 181 Å². The summed E-state index contributed by atoms with van der Waals surface area (Å²) < 4.78 is 5.85. The van der Waals surface area contributed by atoms with E-state index in [-0.39, 0.29) is 5.57 Å². The van der Waals surface area contributed by atoms with Gasteiger partial charge in [0.1, 0.15) is 24.0 Å². The number of para-hydroxylation sites is 1. The zero-order valence-electron chi connectivity index (χ0n) is 16.8. The van der Waals surface area contributed by atoms with Gasteiger partial charge in [0.15, 0.2) is 0 Å². The van der Waals surface area contributed by atoms with Gasteiger partial charge in [0.05, 0.1) is 5.02 Å². The van der Waals surface area contributed by atoms with Gasteiger partial charge in [-0.1, -0.05) is 65.2 Å².